The Hall–Kier alpha value is -1.49. The van der Waals surface area contributed by atoms with E-state index in [9.17, 15) is 4.79 Å². The van der Waals surface area contributed by atoms with E-state index >= 15 is 0 Å². The molecule has 18 heavy (non-hydrogen) atoms. The molecule has 1 aliphatic rings. The van der Waals surface area contributed by atoms with E-state index in [-0.39, 0.29) is 6.03 Å². The second-order valence-corrected chi connectivity index (χ2v) is 4.89. The van der Waals surface area contributed by atoms with Crippen LogP contribution in [-0.2, 0) is 0 Å². The first-order chi connectivity index (χ1) is 8.59. The van der Waals surface area contributed by atoms with Gasteiger partial charge in [-0.15, -0.1) is 0 Å². The van der Waals surface area contributed by atoms with Crippen molar-refractivity contribution in [3.05, 3.63) is 23.5 Å². The number of halogens is 1. The molecule has 0 aromatic carbocycles. The summed E-state index contributed by atoms with van der Waals surface area (Å²) in [7, 11) is 3.54. The van der Waals surface area contributed by atoms with Gasteiger partial charge < -0.3 is 14.7 Å². The maximum Gasteiger partial charge on any atom is 0.319 e. The van der Waals surface area contributed by atoms with E-state index in [2.05, 4.69) is 9.88 Å². The minimum Gasteiger partial charge on any atom is -0.367 e. The van der Waals surface area contributed by atoms with Crippen molar-refractivity contribution in [2.45, 2.75) is 0 Å². The maximum absolute atomic E-state index is 11.8. The summed E-state index contributed by atoms with van der Waals surface area (Å²) in [5.74, 6) is 0. The summed E-state index contributed by atoms with van der Waals surface area (Å²) in [5, 5.41) is 0.657. The monoisotopic (exact) mass is 268 g/mol. The van der Waals surface area contributed by atoms with Gasteiger partial charge in [-0.05, 0) is 6.07 Å². The number of amides is 2. The predicted octanol–water partition coefficient (Wildman–Crippen LogP) is 1.54. The molecule has 1 aromatic heterocycles. The van der Waals surface area contributed by atoms with Gasteiger partial charge >= 0.3 is 6.03 Å². The van der Waals surface area contributed by atoms with Crippen LogP contribution in [-0.4, -0.2) is 61.1 Å². The Kier molecular flexibility index (Phi) is 3.91. The fraction of sp³-hybridized carbons (Fsp3) is 0.500. The van der Waals surface area contributed by atoms with E-state index in [4.69, 9.17) is 11.6 Å². The number of piperazine rings is 1. The van der Waals surface area contributed by atoms with Crippen molar-refractivity contribution >= 4 is 23.3 Å². The molecule has 0 unspecified atom stereocenters. The van der Waals surface area contributed by atoms with Crippen LogP contribution >= 0.6 is 11.6 Å². The smallest absolute Gasteiger partial charge is 0.319 e. The molecule has 0 aliphatic carbocycles. The molecular weight excluding hydrogens is 252 g/mol. The van der Waals surface area contributed by atoms with Crippen molar-refractivity contribution in [2.24, 2.45) is 0 Å². The summed E-state index contributed by atoms with van der Waals surface area (Å²) >= 11 is 6.11. The summed E-state index contributed by atoms with van der Waals surface area (Å²) in [4.78, 5) is 21.4. The van der Waals surface area contributed by atoms with Gasteiger partial charge in [0.1, 0.15) is 0 Å². The van der Waals surface area contributed by atoms with Crippen molar-refractivity contribution in [3.8, 4) is 0 Å². The van der Waals surface area contributed by atoms with Crippen LogP contribution in [0.4, 0.5) is 10.5 Å². The van der Waals surface area contributed by atoms with E-state index in [1.807, 2.05) is 11.0 Å². The molecule has 0 N–H and O–H groups in total. The standard InChI is InChI=1S/C12H17ClN4O/c1-15(2)12(18)17-7-5-16(6-8-17)11-3-4-14-9-10(11)13/h3-4,9H,5-8H2,1-2H3. The lowest BCUT2D eigenvalue weighted by Crippen LogP contribution is -2.51. The van der Waals surface area contributed by atoms with Crippen LogP contribution in [0.3, 0.4) is 0 Å². The molecule has 0 bridgehead atoms. The Labute approximate surface area is 112 Å². The van der Waals surface area contributed by atoms with Gasteiger partial charge in [-0.2, -0.15) is 0 Å². The third-order valence-corrected chi connectivity index (χ3v) is 3.32. The lowest BCUT2D eigenvalue weighted by Gasteiger charge is -2.37. The highest BCUT2D eigenvalue weighted by atomic mass is 35.5. The summed E-state index contributed by atoms with van der Waals surface area (Å²) in [6, 6.07) is 1.97. The molecule has 2 heterocycles. The topological polar surface area (TPSA) is 39.7 Å². The molecule has 1 aliphatic heterocycles. The minimum atomic E-state index is 0.0653. The number of hydrogen-bond acceptors (Lipinski definition) is 3. The second kappa shape index (κ2) is 5.44. The van der Waals surface area contributed by atoms with Crippen molar-refractivity contribution in [1.82, 2.24) is 14.8 Å². The Morgan fingerprint density at radius 3 is 2.56 bits per heavy atom. The van der Waals surface area contributed by atoms with Crippen LogP contribution < -0.4 is 4.90 Å². The van der Waals surface area contributed by atoms with Crippen molar-refractivity contribution < 1.29 is 4.79 Å². The lowest BCUT2D eigenvalue weighted by atomic mass is 10.2. The van der Waals surface area contributed by atoms with Crippen molar-refractivity contribution in [2.75, 3.05) is 45.2 Å². The molecule has 0 atom stereocenters. The molecule has 1 saturated heterocycles. The highest BCUT2D eigenvalue weighted by molar-refractivity contribution is 6.33. The van der Waals surface area contributed by atoms with Crippen LogP contribution in [0, 0.1) is 0 Å². The number of carbonyl (C=O) groups excluding carboxylic acids is 1. The number of urea groups is 1. The molecule has 0 saturated carbocycles. The molecular formula is C12H17ClN4O. The third kappa shape index (κ3) is 2.67. The molecule has 98 valence electrons. The second-order valence-electron chi connectivity index (χ2n) is 4.48. The van der Waals surface area contributed by atoms with Crippen molar-refractivity contribution in [3.63, 3.8) is 0 Å². The van der Waals surface area contributed by atoms with Crippen LogP contribution in [0.15, 0.2) is 18.5 Å². The number of carbonyl (C=O) groups is 1. The largest absolute Gasteiger partial charge is 0.367 e. The molecule has 2 amide bonds. The first-order valence-electron chi connectivity index (χ1n) is 5.90. The highest BCUT2D eigenvalue weighted by Gasteiger charge is 2.23. The Morgan fingerprint density at radius 1 is 1.33 bits per heavy atom. The zero-order valence-corrected chi connectivity index (χ0v) is 11.4. The van der Waals surface area contributed by atoms with Gasteiger partial charge in [0, 0.05) is 52.7 Å². The number of nitrogens with zero attached hydrogens (tertiary/aromatic N) is 4. The SMILES string of the molecule is CN(C)C(=O)N1CCN(c2ccncc2Cl)CC1. The number of rotatable bonds is 1. The fourth-order valence-electron chi connectivity index (χ4n) is 2.05. The first kappa shape index (κ1) is 13.0. The van der Waals surface area contributed by atoms with Crippen LogP contribution in [0.1, 0.15) is 0 Å². The van der Waals surface area contributed by atoms with Gasteiger partial charge in [0.05, 0.1) is 10.7 Å². The van der Waals surface area contributed by atoms with Gasteiger partial charge in [0.2, 0.25) is 0 Å². The van der Waals surface area contributed by atoms with Crippen LogP contribution in [0.2, 0.25) is 5.02 Å². The third-order valence-electron chi connectivity index (χ3n) is 3.02. The summed E-state index contributed by atoms with van der Waals surface area (Å²) in [5.41, 5.74) is 0.989. The molecule has 1 aromatic rings. The normalized spacial score (nSPS) is 15.7. The van der Waals surface area contributed by atoms with Gasteiger partial charge in [0.25, 0.3) is 0 Å². The first-order valence-corrected chi connectivity index (χ1v) is 6.28. The average Bonchev–Trinajstić information content (AvgIpc) is 2.38. The Morgan fingerprint density at radius 2 is 2.00 bits per heavy atom. The Bertz CT molecular complexity index is 430. The van der Waals surface area contributed by atoms with E-state index in [1.165, 1.54) is 0 Å². The predicted molar refractivity (Wildman–Crippen MR) is 72.1 cm³/mol. The fourth-order valence-corrected chi connectivity index (χ4v) is 2.28. The molecule has 0 spiro atoms. The summed E-state index contributed by atoms with van der Waals surface area (Å²) in [6.07, 6.45) is 3.38. The molecule has 6 heteroatoms. The zero-order valence-electron chi connectivity index (χ0n) is 10.6. The summed E-state index contributed by atoms with van der Waals surface area (Å²) in [6.45, 7) is 3.03. The number of hydrogen-bond donors (Lipinski definition) is 0. The molecule has 1 fully saturated rings. The molecule has 0 radical (unpaired) electrons. The van der Waals surface area contributed by atoms with E-state index in [0.29, 0.717) is 5.02 Å². The quantitative estimate of drug-likeness (QED) is 0.776. The van der Waals surface area contributed by atoms with E-state index < -0.39 is 0 Å². The number of aromatic nitrogens is 1. The lowest BCUT2D eigenvalue weighted by molar-refractivity contribution is 0.168. The zero-order chi connectivity index (χ0) is 13.1. The number of pyridine rings is 1. The highest BCUT2D eigenvalue weighted by Crippen LogP contribution is 2.25. The van der Waals surface area contributed by atoms with Gasteiger partial charge in [0.15, 0.2) is 0 Å². The van der Waals surface area contributed by atoms with Gasteiger partial charge in [-0.25, -0.2) is 4.79 Å². The van der Waals surface area contributed by atoms with E-state index in [0.717, 1.165) is 31.9 Å². The summed E-state index contributed by atoms with van der Waals surface area (Å²) < 4.78 is 0. The van der Waals surface area contributed by atoms with Gasteiger partial charge in [-0.1, -0.05) is 11.6 Å². The minimum absolute atomic E-state index is 0.0653. The molecule has 5 nitrogen and oxygen atoms in total. The Balaban J connectivity index is 1.99. The average molecular weight is 269 g/mol. The van der Waals surface area contributed by atoms with Crippen LogP contribution in [0.5, 0.6) is 0 Å². The molecule has 2 rings (SSSR count). The number of anilines is 1. The van der Waals surface area contributed by atoms with Gasteiger partial charge in [-0.3, -0.25) is 4.98 Å². The van der Waals surface area contributed by atoms with Crippen molar-refractivity contribution in [1.29, 1.82) is 0 Å². The van der Waals surface area contributed by atoms with Crippen LogP contribution in [0.25, 0.3) is 0 Å². The van der Waals surface area contributed by atoms with E-state index in [1.54, 1.807) is 31.4 Å². The maximum atomic E-state index is 11.8.